The minimum absolute atomic E-state index is 0.0530. The van der Waals surface area contributed by atoms with Crippen LogP contribution < -0.4 is 5.32 Å². The number of carbonyl (C=O) groups excluding carboxylic acids is 1. The van der Waals surface area contributed by atoms with E-state index in [0.717, 1.165) is 43.0 Å². The Bertz CT molecular complexity index is 1210. The van der Waals surface area contributed by atoms with E-state index in [0.29, 0.717) is 5.69 Å². The molecule has 0 saturated carbocycles. The van der Waals surface area contributed by atoms with Crippen molar-refractivity contribution in [2.45, 2.75) is 32.4 Å². The van der Waals surface area contributed by atoms with Gasteiger partial charge in [0.2, 0.25) is 0 Å². The summed E-state index contributed by atoms with van der Waals surface area (Å²) in [4.78, 5) is 12.5. The molecular weight excluding hydrogens is 453 g/mol. The first-order valence-corrected chi connectivity index (χ1v) is 10.6. The van der Waals surface area contributed by atoms with Crippen LogP contribution in [0.1, 0.15) is 36.7 Å². The van der Waals surface area contributed by atoms with Gasteiger partial charge in [-0.1, -0.05) is 37.1 Å². The Balaban J connectivity index is 1.78. The number of aryl methyl sites for hydroxylation is 1. The van der Waals surface area contributed by atoms with E-state index in [-0.39, 0.29) is 27.7 Å². The van der Waals surface area contributed by atoms with Gasteiger partial charge in [-0.2, -0.15) is 18.4 Å². The standard InChI is InChI=1S/C25H20ClF3N2O2/c1-2-3-4-16-5-8-19(9-6-16)31-24(32)17(15-30)13-20-10-12-23(33-20)21-14-18(25(27,28)29)7-11-22(21)26/h5-14H,2-4H2,1H3,(H,31,32)/b17-13+. The molecule has 0 aliphatic heterocycles. The van der Waals surface area contributed by atoms with E-state index in [2.05, 4.69) is 12.2 Å². The maximum atomic E-state index is 13.0. The number of alkyl halides is 3. The zero-order valence-corrected chi connectivity index (χ0v) is 18.4. The van der Waals surface area contributed by atoms with Crippen molar-refractivity contribution in [3.05, 3.63) is 82.1 Å². The van der Waals surface area contributed by atoms with Gasteiger partial charge in [-0.3, -0.25) is 4.79 Å². The molecule has 1 N–H and O–H groups in total. The summed E-state index contributed by atoms with van der Waals surface area (Å²) in [5.41, 5.74) is 0.658. The van der Waals surface area contributed by atoms with Gasteiger partial charge in [0.05, 0.1) is 10.6 Å². The van der Waals surface area contributed by atoms with Crippen molar-refractivity contribution >= 4 is 29.3 Å². The second kappa shape index (κ2) is 10.4. The summed E-state index contributed by atoms with van der Waals surface area (Å²) in [6.07, 6.45) is -0.206. The monoisotopic (exact) mass is 472 g/mol. The van der Waals surface area contributed by atoms with Crippen molar-refractivity contribution in [1.29, 1.82) is 5.26 Å². The predicted molar refractivity (Wildman–Crippen MR) is 121 cm³/mol. The molecule has 8 heteroatoms. The molecule has 1 aromatic heterocycles. The van der Waals surface area contributed by atoms with Gasteiger partial charge < -0.3 is 9.73 Å². The summed E-state index contributed by atoms with van der Waals surface area (Å²) >= 11 is 6.04. The van der Waals surface area contributed by atoms with E-state index >= 15 is 0 Å². The number of hydrogen-bond acceptors (Lipinski definition) is 3. The zero-order chi connectivity index (χ0) is 24.0. The number of nitrogens with zero attached hydrogens (tertiary/aromatic N) is 1. The second-order valence-electron chi connectivity index (χ2n) is 7.32. The van der Waals surface area contributed by atoms with Crippen LogP contribution in [0.5, 0.6) is 0 Å². The number of nitrogens with one attached hydrogen (secondary N) is 1. The number of anilines is 1. The van der Waals surface area contributed by atoms with Crippen LogP contribution in [-0.4, -0.2) is 5.91 Å². The van der Waals surface area contributed by atoms with Crippen LogP contribution in [0, 0.1) is 11.3 Å². The largest absolute Gasteiger partial charge is 0.457 e. The van der Waals surface area contributed by atoms with E-state index in [1.165, 1.54) is 18.2 Å². The van der Waals surface area contributed by atoms with E-state index < -0.39 is 17.6 Å². The van der Waals surface area contributed by atoms with E-state index in [1.807, 2.05) is 18.2 Å². The quantitative estimate of drug-likeness (QED) is 0.286. The number of benzene rings is 2. The van der Waals surface area contributed by atoms with Crippen molar-refractivity contribution in [3.8, 4) is 17.4 Å². The number of furan rings is 1. The topological polar surface area (TPSA) is 66.0 Å². The maximum absolute atomic E-state index is 13.0. The van der Waals surface area contributed by atoms with Crippen LogP contribution in [0.15, 0.2) is 64.6 Å². The average molecular weight is 473 g/mol. The number of nitriles is 1. The van der Waals surface area contributed by atoms with Gasteiger partial charge in [-0.15, -0.1) is 0 Å². The Morgan fingerprint density at radius 3 is 2.52 bits per heavy atom. The van der Waals surface area contributed by atoms with Crippen molar-refractivity contribution in [1.82, 2.24) is 0 Å². The molecule has 0 unspecified atom stereocenters. The molecule has 0 spiro atoms. The molecule has 1 amide bonds. The lowest BCUT2D eigenvalue weighted by atomic mass is 10.1. The summed E-state index contributed by atoms with van der Waals surface area (Å²) in [6, 6.07) is 14.9. The number of hydrogen-bond donors (Lipinski definition) is 1. The molecule has 2 aromatic carbocycles. The first-order valence-electron chi connectivity index (χ1n) is 10.2. The summed E-state index contributed by atoms with van der Waals surface area (Å²) < 4.78 is 44.6. The van der Waals surface area contributed by atoms with Gasteiger partial charge >= 0.3 is 6.18 Å². The van der Waals surface area contributed by atoms with E-state index in [9.17, 15) is 23.2 Å². The molecule has 3 rings (SSSR count). The fourth-order valence-electron chi connectivity index (χ4n) is 3.09. The Labute approximate surface area is 194 Å². The Morgan fingerprint density at radius 2 is 1.88 bits per heavy atom. The predicted octanol–water partition coefficient (Wildman–Crippen LogP) is 7.51. The van der Waals surface area contributed by atoms with Crippen molar-refractivity contribution in [3.63, 3.8) is 0 Å². The molecule has 0 radical (unpaired) electrons. The molecule has 0 bridgehead atoms. The van der Waals surface area contributed by atoms with Crippen molar-refractivity contribution < 1.29 is 22.4 Å². The highest BCUT2D eigenvalue weighted by Crippen LogP contribution is 2.36. The molecule has 4 nitrogen and oxygen atoms in total. The van der Waals surface area contributed by atoms with Crippen LogP contribution in [0.2, 0.25) is 5.02 Å². The highest BCUT2D eigenvalue weighted by Gasteiger charge is 2.31. The second-order valence-corrected chi connectivity index (χ2v) is 7.73. The van der Waals surface area contributed by atoms with Gasteiger partial charge in [0, 0.05) is 17.3 Å². The first-order chi connectivity index (χ1) is 15.7. The van der Waals surface area contributed by atoms with Crippen LogP contribution in [0.3, 0.4) is 0 Å². The summed E-state index contributed by atoms with van der Waals surface area (Å²) in [5, 5.41) is 12.1. The minimum Gasteiger partial charge on any atom is -0.457 e. The Kier molecular flexibility index (Phi) is 7.62. The lowest BCUT2D eigenvalue weighted by Gasteiger charge is -2.09. The van der Waals surface area contributed by atoms with Gasteiger partial charge in [-0.25, -0.2) is 0 Å². The highest BCUT2D eigenvalue weighted by molar-refractivity contribution is 6.33. The minimum atomic E-state index is -4.53. The summed E-state index contributed by atoms with van der Waals surface area (Å²) in [7, 11) is 0. The summed E-state index contributed by atoms with van der Waals surface area (Å²) in [5.74, 6) is -0.424. The SMILES string of the molecule is CCCCc1ccc(NC(=O)/C(C#N)=C/c2ccc(-c3cc(C(F)(F)F)ccc3Cl)o2)cc1. The molecular formula is C25H20ClF3N2O2. The third kappa shape index (κ3) is 6.27. The first kappa shape index (κ1) is 24.1. The number of rotatable bonds is 7. The lowest BCUT2D eigenvalue weighted by molar-refractivity contribution is -0.137. The molecule has 1 heterocycles. The third-order valence-corrected chi connectivity index (χ3v) is 5.20. The molecule has 33 heavy (non-hydrogen) atoms. The fraction of sp³-hybridized carbons (Fsp3) is 0.200. The number of amides is 1. The van der Waals surface area contributed by atoms with Gasteiger partial charge in [0.25, 0.3) is 5.91 Å². The molecule has 170 valence electrons. The Morgan fingerprint density at radius 1 is 1.15 bits per heavy atom. The van der Waals surface area contributed by atoms with Crippen molar-refractivity contribution in [2.75, 3.05) is 5.32 Å². The van der Waals surface area contributed by atoms with Gasteiger partial charge in [0.1, 0.15) is 23.2 Å². The van der Waals surface area contributed by atoms with E-state index in [4.69, 9.17) is 16.0 Å². The fourth-order valence-corrected chi connectivity index (χ4v) is 3.30. The van der Waals surface area contributed by atoms with Crippen LogP contribution >= 0.6 is 11.6 Å². The van der Waals surface area contributed by atoms with Gasteiger partial charge in [0.15, 0.2) is 0 Å². The zero-order valence-electron chi connectivity index (χ0n) is 17.7. The van der Waals surface area contributed by atoms with Crippen molar-refractivity contribution in [2.24, 2.45) is 0 Å². The number of unbranched alkanes of at least 4 members (excludes halogenated alkanes) is 1. The summed E-state index contributed by atoms with van der Waals surface area (Å²) in [6.45, 7) is 2.11. The average Bonchev–Trinajstić information content (AvgIpc) is 3.24. The normalized spacial score (nSPS) is 11.8. The third-order valence-electron chi connectivity index (χ3n) is 4.87. The maximum Gasteiger partial charge on any atom is 0.416 e. The Hall–Kier alpha value is -3.50. The molecule has 0 fully saturated rings. The molecule has 0 saturated heterocycles. The smallest absolute Gasteiger partial charge is 0.416 e. The molecule has 3 aromatic rings. The lowest BCUT2D eigenvalue weighted by Crippen LogP contribution is -2.13. The molecule has 0 aliphatic carbocycles. The highest BCUT2D eigenvalue weighted by atomic mass is 35.5. The molecule has 0 aliphatic rings. The number of halogens is 4. The van der Waals surface area contributed by atoms with E-state index in [1.54, 1.807) is 12.1 Å². The molecule has 0 atom stereocenters. The number of carbonyl (C=O) groups is 1. The van der Waals surface area contributed by atoms with Crippen LogP contribution in [0.4, 0.5) is 18.9 Å². The van der Waals surface area contributed by atoms with Crippen LogP contribution in [0.25, 0.3) is 17.4 Å². The van der Waals surface area contributed by atoms with Gasteiger partial charge in [-0.05, 0) is 60.9 Å². The van der Waals surface area contributed by atoms with Crippen LogP contribution in [-0.2, 0) is 17.4 Å².